The van der Waals surface area contributed by atoms with Gasteiger partial charge in [0.1, 0.15) is 5.01 Å². The second-order valence-electron chi connectivity index (χ2n) is 12.0. The average Bonchev–Trinajstić information content (AvgIpc) is 3.63. The van der Waals surface area contributed by atoms with Gasteiger partial charge in [0.25, 0.3) is 0 Å². The predicted molar refractivity (Wildman–Crippen MR) is 206 cm³/mol. The molecule has 0 radical (unpaired) electrons. The molecular weight excluding hydrogens is 601 g/mol. The molecule has 8 aromatic carbocycles. The maximum Gasteiger partial charge on any atom is 0.124 e. The van der Waals surface area contributed by atoms with Crippen molar-refractivity contribution >= 4 is 60.2 Å². The molecule has 0 spiro atoms. The molecular formula is C45H30N2S. The second-order valence-corrected chi connectivity index (χ2v) is 13.0. The Morgan fingerprint density at radius 1 is 0.354 bits per heavy atom. The minimum atomic E-state index is 1.02. The summed E-state index contributed by atoms with van der Waals surface area (Å²) in [5.74, 6) is 0. The molecule has 0 aliphatic carbocycles. The Morgan fingerprint density at radius 3 is 1.40 bits per heavy atom. The summed E-state index contributed by atoms with van der Waals surface area (Å²) in [6, 6.07) is 64.9. The Labute approximate surface area is 283 Å². The fourth-order valence-corrected chi connectivity index (χ4v) is 7.86. The van der Waals surface area contributed by atoms with Gasteiger partial charge in [0.05, 0.1) is 10.2 Å². The molecule has 0 bridgehead atoms. The van der Waals surface area contributed by atoms with E-state index in [9.17, 15) is 0 Å². The van der Waals surface area contributed by atoms with Crippen molar-refractivity contribution in [3.63, 3.8) is 0 Å². The molecule has 0 N–H and O–H groups in total. The van der Waals surface area contributed by atoms with Gasteiger partial charge in [-0.25, -0.2) is 4.98 Å². The molecule has 0 unspecified atom stereocenters. The molecule has 3 heteroatoms. The number of hydrogen-bond acceptors (Lipinski definition) is 3. The summed E-state index contributed by atoms with van der Waals surface area (Å²) < 4.78 is 1.23. The standard InChI is InChI=1S/C45H30N2S/c1-3-12-31(13-4-1)33-22-26-36(27-23-33)47(37-28-24-34(25-29-37)32-14-5-2-6-15-32)38-17-11-16-35(30-38)45-46-43-41-20-9-7-18-39(41)40-19-8-10-21-42(40)44(43)48-45/h1-30H. The monoisotopic (exact) mass is 630 g/mol. The number of fused-ring (bicyclic) bond motifs is 6. The van der Waals surface area contributed by atoms with Crippen LogP contribution in [0.2, 0.25) is 0 Å². The lowest BCUT2D eigenvalue weighted by Crippen LogP contribution is -2.10. The molecule has 2 nitrogen and oxygen atoms in total. The summed E-state index contributed by atoms with van der Waals surface area (Å²) in [5, 5.41) is 5.99. The molecule has 0 atom stereocenters. The maximum absolute atomic E-state index is 5.30. The molecule has 1 heterocycles. The van der Waals surface area contributed by atoms with Gasteiger partial charge in [-0.2, -0.15) is 0 Å². The van der Waals surface area contributed by atoms with Gasteiger partial charge in [-0.1, -0.05) is 146 Å². The lowest BCUT2D eigenvalue weighted by molar-refractivity contribution is 1.28. The third-order valence-electron chi connectivity index (χ3n) is 9.09. The summed E-state index contributed by atoms with van der Waals surface area (Å²) >= 11 is 1.78. The van der Waals surface area contributed by atoms with E-state index in [0.717, 1.165) is 33.1 Å². The van der Waals surface area contributed by atoms with Crippen LogP contribution in [0, 0.1) is 0 Å². The van der Waals surface area contributed by atoms with E-state index in [1.165, 1.54) is 48.5 Å². The molecule has 226 valence electrons. The first kappa shape index (κ1) is 28.2. The minimum Gasteiger partial charge on any atom is -0.310 e. The van der Waals surface area contributed by atoms with E-state index in [-0.39, 0.29) is 0 Å². The molecule has 9 rings (SSSR count). The third-order valence-corrected chi connectivity index (χ3v) is 10.2. The summed E-state index contributed by atoms with van der Waals surface area (Å²) in [4.78, 5) is 7.64. The lowest BCUT2D eigenvalue weighted by Gasteiger charge is -2.26. The maximum atomic E-state index is 5.30. The van der Waals surface area contributed by atoms with Gasteiger partial charge < -0.3 is 4.90 Å². The van der Waals surface area contributed by atoms with E-state index in [2.05, 4.69) is 187 Å². The van der Waals surface area contributed by atoms with Crippen molar-refractivity contribution in [2.75, 3.05) is 4.90 Å². The second kappa shape index (κ2) is 12.0. The van der Waals surface area contributed by atoms with Crippen LogP contribution in [-0.4, -0.2) is 4.98 Å². The van der Waals surface area contributed by atoms with Crippen molar-refractivity contribution in [2.24, 2.45) is 0 Å². The quantitative estimate of drug-likeness (QED) is 0.170. The highest BCUT2D eigenvalue weighted by Gasteiger charge is 2.17. The van der Waals surface area contributed by atoms with Crippen LogP contribution in [0.3, 0.4) is 0 Å². The van der Waals surface area contributed by atoms with Gasteiger partial charge in [-0.15, -0.1) is 11.3 Å². The molecule has 0 aliphatic rings. The van der Waals surface area contributed by atoms with E-state index in [0.29, 0.717) is 0 Å². The number of nitrogens with zero attached hydrogens (tertiary/aromatic N) is 2. The van der Waals surface area contributed by atoms with Crippen LogP contribution in [-0.2, 0) is 0 Å². The van der Waals surface area contributed by atoms with Gasteiger partial charge in [-0.3, -0.25) is 0 Å². The van der Waals surface area contributed by atoms with E-state index in [4.69, 9.17) is 4.98 Å². The normalized spacial score (nSPS) is 11.3. The summed E-state index contributed by atoms with van der Waals surface area (Å²) in [5.41, 5.74) is 10.3. The van der Waals surface area contributed by atoms with E-state index < -0.39 is 0 Å². The Kier molecular flexibility index (Phi) is 7.03. The minimum absolute atomic E-state index is 1.02. The molecule has 1 aromatic heterocycles. The Morgan fingerprint density at radius 2 is 0.812 bits per heavy atom. The number of benzene rings is 8. The fourth-order valence-electron chi connectivity index (χ4n) is 6.74. The molecule has 9 aromatic rings. The Balaban J connectivity index is 1.17. The van der Waals surface area contributed by atoms with E-state index >= 15 is 0 Å². The Hall–Kier alpha value is -6.03. The van der Waals surface area contributed by atoms with Gasteiger partial charge in [0, 0.05) is 33.4 Å². The smallest absolute Gasteiger partial charge is 0.124 e. The summed E-state index contributed by atoms with van der Waals surface area (Å²) in [7, 11) is 0. The highest BCUT2D eigenvalue weighted by Crippen LogP contribution is 2.43. The number of aromatic nitrogens is 1. The largest absolute Gasteiger partial charge is 0.310 e. The molecule has 48 heavy (non-hydrogen) atoms. The lowest BCUT2D eigenvalue weighted by atomic mass is 10.0. The van der Waals surface area contributed by atoms with Gasteiger partial charge >= 0.3 is 0 Å². The first-order chi connectivity index (χ1) is 23.8. The van der Waals surface area contributed by atoms with Crippen LogP contribution in [0.5, 0.6) is 0 Å². The van der Waals surface area contributed by atoms with Crippen molar-refractivity contribution in [1.29, 1.82) is 0 Å². The third kappa shape index (κ3) is 5.02. The summed E-state index contributed by atoms with van der Waals surface area (Å²) in [6.07, 6.45) is 0. The van der Waals surface area contributed by atoms with Gasteiger partial charge in [0.2, 0.25) is 0 Å². The summed E-state index contributed by atoms with van der Waals surface area (Å²) in [6.45, 7) is 0. The van der Waals surface area contributed by atoms with Crippen molar-refractivity contribution in [2.45, 2.75) is 0 Å². The zero-order chi connectivity index (χ0) is 31.9. The first-order valence-electron chi connectivity index (χ1n) is 16.2. The zero-order valence-electron chi connectivity index (χ0n) is 26.1. The average molecular weight is 631 g/mol. The van der Waals surface area contributed by atoms with Crippen LogP contribution >= 0.6 is 11.3 Å². The van der Waals surface area contributed by atoms with Gasteiger partial charge in [-0.05, 0) is 69.4 Å². The number of anilines is 3. The van der Waals surface area contributed by atoms with Crippen LogP contribution in [0.25, 0.3) is 64.6 Å². The molecule has 0 fully saturated rings. The number of thiazole rings is 1. The molecule has 0 saturated heterocycles. The number of hydrogen-bond donors (Lipinski definition) is 0. The fraction of sp³-hybridized carbons (Fsp3) is 0. The zero-order valence-corrected chi connectivity index (χ0v) is 26.9. The topological polar surface area (TPSA) is 16.1 Å². The highest BCUT2D eigenvalue weighted by molar-refractivity contribution is 7.22. The van der Waals surface area contributed by atoms with Gasteiger partial charge in [0.15, 0.2) is 0 Å². The molecule has 0 saturated carbocycles. The van der Waals surface area contributed by atoms with Crippen molar-refractivity contribution in [1.82, 2.24) is 4.98 Å². The predicted octanol–water partition coefficient (Wildman–Crippen LogP) is 13.1. The first-order valence-corrected chi connectivity index (χ1v) is 17.0. The van der Waals surface area contributed by atoms with Crippen molar-refractivity contribution in [3.8, 4) is 32.8 Å². The highest BCUT2D eigenvalue weighted by atomic mass is 32.1. The van der Waals surface area contributed by atoms with Crippen LogP contribution in [0.1, 0.15) is 0 Å². The van der Waals surface area contributed by atoms with Crippen molar-refractivity contribution in [3.05, 3.63) is 182 Å². The molecule has 0 aliphatic heterocycles. The van der Waals surface area contributed by atoms with Crippen LogP contribution < -0.4 is 4.90 Å². The van der Waals surface area contributed by atoms with Crippen LogP contribution in [0.15, 0.2) is 182 Å². The molecule has 0 amide bonds. The van der Waals surface area contributed by atoms with Crippen molar-refractivity contribution < 1.29 is 0 Å². The van der Waals surface area contributed by atoms with E-state index in [1.807, 2.05) is 0 Å². The van der Waals surface area contributed by atoms with E-state index in [1.54, 1.807) is 11.3 Å². The van der Waals surface area contributed by atoms with Crippen LogP contribution in [0.4, 0.5) is 17.1 Å². The SMILES string of the molecule is c1ccc(-c2ccc(N(c3ccc(-c4ccccc4)cc3)c3cccc(-c4nc5c6ccccc6c6ccccc6c5s4)c3)cc2)cc1. The Bertz CT molecular complexity index is 2380. The number of rotatable bonds is 6.